The van der Waals surface area contributed by atoms with Crippen molar-refractivity contribution in [3.05, 3.63) is 42.0 Å². The van der Waals surface area contributed by atoms with Crippen molar-refractivity contribution in [1.82, 2.24) is 5.32 Å². The maximum absolute atomic E-state index is 5.27. The van der Waals surface area contributed by atoms with Crippen LogP contribution in [0.5, 0.6) is 5.75 Å². The Kier molecular flexibility index (Phi) is 3.66. The fourth-order valence-electron chi connectivity index (χ4n) is 3.06. The lowest BCUT2D eigenvalue weighted by atomic mass is 9.75. The number of hydrogen-bond donors (Lipinski definition) is 1. The molecule has 0 aliphatic heterocycles. The van der Waals surface area contributed by atoms with E-state index in [4.69, 9.17) is 4.74 Å². The lowest BCUT2D eigenvalue weighted by Crippen LogP contribution is -2.49. The van der Waals surface area contributed by atoms with Crippen molar-refractivity contribution < 1.29 is 4.74 Å². The zero-order valence-electron chi connectivity index (χ0n) is 12.4. The largest absolute Gasteiger partial charge is 0.497 e. The van der Waals surface area contributed by atoms with Crippen LogP contribution in [0.15, 0.2) is 36.4 Å². The monoisotopic (exact) mass is 269 g/mol. The molecule has 20 heavy (non-hydrogen) atoms. The highest BCUT2D eigenvalue weighted by atomic mass is 16.5. The van der Waals surface area contributed by atoms with Crippen LogP contribution in [0, 0.1) is 0 Å². The van der Waals surface area contributed by atoms with Gasteiger partial charge >= 0.3 is 0 Å². The number of benzene rings is 2. The van der Waals surface area contributed by atoms with Crippen molar-refractivity contribution in [3.63, 3.8) is 0 Å². The van der Waals surface area contributed by atoms with Crippen molar-refractivity contribution in [2.75, 3.05) is 7.11 Å². The highest BCUT2D eigenvalue weighted by Crippen LogP contribution is 2.35. The topological polar surface area (TPSA) is 21.3 Å². The summed E-state index contributed by atoms with van der Waals surface area (Å²) in [6.07, 6.45) is 5.26. The Morgan fingerprint density at radius 2 is 1.85 bits per heavy atom. The van der Waals surface area contributed by atoms with Crippen LogP contribution in [0.2, 0.25) is 0 Å². The molecule has 106 valence electrons. The molecule has 0 saturated heterocycles. The van der Waals surface area contributed by atoms with Crippen LogP contribution in [-0.2, 0) is 6.54 Å². The Morgan fingerprint density at radius 1 is 1.10 bits per heavy atom. The van der Waals surface area contributed by atoms with Gasteiger partial charge in [0.05, 0.1) is 7.11 Å². The third kappa shape index (κ3) is 2.53. The number of fused-ring (bicyclic) bond motifs is 1. The maximum Gasteiger partial charge on any atom is 0.119 e. The van der Waals surface area contributed by atoms with E-state index in [2.05, 4.69) is 42.6 Å². The number of ether oxygens (including phenoxy) is 1. The quantitative estimate of drug-likeness (QED) is 0.875. The minimum absolute atomic E-state index is 0.412. The van der Waals surface area contributed by atoms with Crippen LogP contribution < -0.4 is 10.1 Å². The van der Waals surface area contributed by atoms with Gasteiger partial charge in [0, 0.05) is 12.1 Å². The van der Waals surface area contributed by atoms with Crippen molar-refractivity contribution in [2.24, 2.45) is 0 Å². The van der Waals surface area contributed by atoms with Gasteiger partial charge in [0.25, 0.3) is 0 Å². The normalized spacial score (nSPS) is 16.9. The van der Waals surface area contributed by atoms with Crippen molar-refractivity contribution >= 4 is 10.8 Å². The lowest BCUT2D eigenvalue weighted by molar-refractivity contribution is 0.175. The molecule has 1 fully saturated rings. The summed E-state index contributed by atoms with van der Waals surface area (Å²) in [4.78, 5) is 0. The van der Waals surface area contributed by atoms with Crippen molar-refractivity contribution in [3.8, 4) is 5.75 Å². The molecule has 1 aliphatic carbocycles. The van der Waals surface area contributed by atoms with E-state index in [-0.39, 0.29) is 0 Å². The summed E-state index contributed by atoms with van der Waals surface area (Å²) in [5, 5.41) is 6.28. The second-order valence-electron chi connectivity index (χ2n) is 5.89. The Hall–Kier alpha value is -1.54. The third-order valence-electron chi connectivity index (χ3n) is 4.77. The molecule has 1 saturated carbocycles. The molecular formula is C18H23NO. The Balaban J connectivity index is 1.75. The first-order valence-corrected chi connectivity index (χ1v) is 7.56. The minimum Gasteiger partial charge on any atom is -0.497 e. The molecular weight excluding hydrogens is 246 g/mol. The molecule has 1 aliphatic rings. The summed E-state index contributed by atoms with van der Waals surface area (Å²) in [6, 6.07) is 12.9. The van der Waals surface area contributed by atoms with E-state index in [9.17, 15) is 0 Å². The fourth-order valence-corrected chi connectivity index (χ4v) is 3.06. The van der Waals surface area contributed by atoms with Crippen LogP contribution in [0.1, 0.15) is 38.2 Å². The lowest BCUT2D eigenvalue weighted by Gasteiger charge is -2.42. The predicted molar refractivity (Wildman–Crippen MR) is 84.2 cm³/mol. The first-order chi connectivity index (χ1) is 9.74. The molecule has 0 bridgehead atoms. The standard InChI is InChI=1S/C18H23NO/c1-3-18(9-4-10-18)19-13-14-5-6-16-12-17(20-2)8-7-15(16)11-14/h5-8,11-12,19H,3-4,9-10,13H2,1-2H3. The van der Waals surface area contributed by atoms with E-state index in [0.29, 0.717) is 5.54 Å². The molecule has 0 amide bonds. The molecule has 3 rings (SSSR count). The summed E-state index contributed by atoms with van der Waals surface area (Å²) in [7, 11) is 1.71. The van der Waals surface area contributed by atoms with Crippen molar-refractivity contribution in [2.45, 2.75) is 44.7 Å². The third-order valence-corrected chi connectivity index (χ3v) is 4.77. The molecule has 2 nitrogen and oxygen atoms in total. The summed E-state index contributed by atoms with van der Waals surface area (Å²) in [5.74, 6) is 0.919. The van der Waals surface area contributed by atoms with Gasteiger partial charge in [0.2, 0.25) is 0 Å². The average Bonchev–Trinajstić information content (AvgIpc) is 2.46. The second-order valence-corrected chi connectivity index (χ2v) is 5.89. The molecule has 0 atom stereocenters. The first-order valence-electron chi connectivity index (χ1n) is 7.56. The minimum atomic E-state index is 0.412. The predicted octanol–water partition coefficient (Wildman–Crippen LogP) is 4.27. The van der Waals surface area contributed by atoms with Crippen LogP contribution in [0.4, 0.5) is 0 Å². The van der Waals surface area contributed by atoms with Crippen molar-refractivity contribution in [1.29, 1.82) is 0 Å². The summed E-state index contributed by atoms with van der Waals surface area (Å²) in [5.41, 5.74) is 1.77. The molecule has 2 heteroatoms. The summed E-state index contributed by atoms with van der Waals surface area (Å²) in [6.45, 7) is 3.26. The first kappa shape index (κ1) is 13.4. The number of hydrogen-bond acceptors (Lipinski definition) is 2. The second kappa shape index (κ2) is 5.45. The fraction of sp³-hybridized carbons (Fsp3) is 0.444. The highest BCUT2D eigenvalue weighted by molar-refractivity contribution is 5.84. The Bertz CT molecular complexity index is 596. The SMILES string of the molecule is CCC1(NCc2ccc3cc(OC)ccc3c2)CCC1. The molecule has 0 radical (unpaired) electrons. The smallest absolute Gasteiger partial charge is 0.119 e. The van der Waals surface area contributed by atoms with Gasteiger partial charge in [0.1, 0.15) is 5.75 Å². The van der Waals surface area contributed by atoms with Gasteiger partial charge in [-0.3, -0.25) is 0 Å². The van der Waals surface area contributed by atoms with E-state index in [0.717, 1.165) is 12.3 Å². The molecule has 0 unspecified atom stereocenters. The number of nitrogens with one attached hydrogen (secondary N) is 1. The zero-order valence-corrected chi connectivity index (χ0v) is 12.4. The van der Waals surface area contributed by atoms with Gasteiger partial charge in [0.15, 0.2) is 0 Å². The average molecular weight is 269 g/mol. The van der Waals surface area contributed by atoms with E-state index in [1.807, 2.05) is 6.07 Å². The molecule has 0 aromatic heterocycles. The summed E-state index contributed by atoms with van der Waals surface area (Å²) < 4.78 is 5.27. The van der Waals surface area contributed by atoms with E-state index in [1.165, 1.54) is 42.0 Å². The van der Waals surface area contributed by atoms with E-state index in [1.54, 1.807) is 7.11 Å². The van der Waals surface area contributed by atoms with Gasteiger partial charge in [-0.05, 0) is 60.2 Å². The van der Waals surface area contributed by atoms with Gasteiger partial charge in [-0.1, -0.05) is 25.1 Å². The summed E-state index contributed by atoms with van der Waals surface area (Å²) >= 11 is 0. The number of rotatable bonds is 5. The molecule has 0 spiro atoms. The van der Waals surface area contributed by atoms with Crippen LogP contribution >= 0.6 is 0 Å². The van der Waals surface area contributed by atoms with E-state index >= 15 is 0 Å². The highest BCUT2D eigenvalue weighted by Gasteiger charge is 2.34. The molecule has 1 N–H and O–H groups in total. The Labute approximate surface area is 121 Å². The molecule has 2 aromatic rings. The van der Waals surface area contributed by atoms with Crippen LogP contribution in [-0.4, -0.2) is 12.6 Å². The van der Waals surface area contributed by atoms with Crippen LogP contribution in [0.25, 0.3) is 10.8 Å². The molecule has 2 aromatic carbocycles. The van der Waals surface area contributed by atoms with E-state index < -0.39 is 0 Å². The number of methoxy groups -OCH3 is 1. The van der Waals surface area contributed by atoms with Gasteiger partial charge < -0.3 is 10.1 Å². The zero-order chi connectivity index (χ0) is 14.0. The van der Waals surface area contributed by atoms with Gasteiger partial charge in [-0.15, -0.1) is 0 Å². The molecule has 0 heterocycles. The maximum atomic E-state index is 5.27. The Morgan fingerprint density at radius 3 is 2.50 bits per heavy atom. The van der Waals surface area contributed by atoms with Gasteiger partial charge in [-0.25, -0.2) is 0 Å². The van der Waals surface area contributed by atoms with Gasteiger partial charge in [-0.2, -0.15) is 0 Å². The van der Waals surface area contributed by atoms with Crippen LogP contribution in [0.3, 0.4) is 0 Å².